The quantitative estimate of drug-likeness (QED) is 0.749. The van der Waals surface area contributed by atoms with Crippen LogP contribution >= 0.6 is 11.3 Å². The predicted octanol–water partition coefficient (Wildman–Crippen LogP) is 4.57. The first-order valence-electron chi connectivity index (χ1n) is 7.44. The Bertz CT molecular complexity index is 780. The summed E-state index contributed by atoms with van der Waals surface area (Å²) in [5.41, 5.74) is 0.993. The van der Waals surface area contributed by atoms with Crippen LogP contribution in [-0.2, 0) is 12.8 Å². The summed E-state index contributed by atoms with van der Waals surface area (Å²) in [6.45, 7) is 4.24. The summed E-state index contributed by atoms with van der Waals surface area (Å²) < 4.78 is 5.19. The SMILES string of the molecule is CCc1nc(Nc2ccc(OC)cc2)c2cc(CC)sc2n1. The molecule has 0 atom stereocenters. The fourth-order valence-electron chi connectivity index (χ4n) is 2.25. The van der Waals surface area contributed by atoms with E-state index in [1.54, 1.807) is 18.4 Å². The van der Waals surface area contributed by atoms with E-state index in [4.69, 9.17) is 4.74 Å². The maximum atomic E-state index is 5.19. The molecular formula is C17H19N3OS. The van der Waals surface area contributed by atoms with Gasteiger partial charge in [0.15, 0.2) is 0 Å². The molecular weight excluding hydrogens is 294 g/mol. The van der Waals surface area contributed by atoms with E-state index in [-0.39, 0.29) is 0 Å². The van der Waals surface area contributed by atoms with Crippen molar-refractivity contribution >= 4 is 33.1 Å². The van der Waals surface area contributed by atoms with Crippen LogP contribution in [-0.4, -0.2) is 17.1 Å². The lowest BCUT2D eigenvalue weighted by atomic mass is 10.2. The van der Waals surface area contributed by atoms with Crippen LogP contribution in [0.2, 0.25) is 0 Å². The number of fused-ring (bicyclic) bond motifs is 1. The van der Waals surface area contributed by atoms with E-state index in [0.717, 1.165) is 46.1 Å². The zero-order valence-electron chi connectivity index (χ0n) is 13.0. The molecule has 3 aromatic rings. The molecule has 3 rings (SSSR count). The Balaban J connectivity index is 2.01. The van der Waals surface area contributed by atoms with E-state index in [2.05, 4.69) is 35.2 Å². The summed E-state index contributed by atoms with van der Waals surface area (Å²) >= 11 is 1.75. The molecule has 114 valence electrons. The number of thiophene rings is 1. The standard InChI is InChI=1S/C17H19N3OS/c1-4-13-10-14-16(19-15(5-2)20-17(14)22-13)18-11-6-8-12(21-3)9-7-11/h6-10H,4-5H2,1-3H3,(H,18,19,20). The summed E-state index contributed by atoms with van der Waals surface area (Å²) in [5.74, 6) is 2.59. The number of benzene rings is 1. The van der Waals surface area contributed by atoms with Crippen molar-refractivity contribution < 1.29 is 4.74 Å². The fraction of sp³-hybridized carbons (Fsp3) is 0.294. The third-order valence-electron chi connectivity index (χ3n) is 3.51. The molecule has 2 aromatic heterocycles. The molecule has 5 heteroatoms. The van der Waals surface area contributed by atoms with Gasteiger partial charge in [-0.05, 0) is 36.8 Å². The molecule has 0 saturated heterocycles. The lowest BCUT2D eigenvalue weighted by Gasteiger charge is -2.09. The minimum Gasteiger partial charge on any atom is -0.497 e. The number of ether oxygens (including phenoxy) is 1. The molecule has 0 fully saturated rings. The second kappa shape index (κ2) is 6.32. The van der Waals surface area contributed by atoms with Crippen molar-refractivity contribution in [3.8, 4) is 5.75 Å². The van der Waals surface area contributed by atoms with Gasteiger partial charge in [0, 0.05) is 17.0 Å². The van der Waals surface area contributed by atoms with Crippen LogP contribution in [0.15, 0.2) is 30.3 Å². The van der Waals surface area contributed by atoms with Crippen LogP contribution < -0.4 is 10.1 Å². The second-order valence-electron chi connectivity index (χ2n) is 4.98. The molecule has 0 aliphatic heterocycles. The van der Waals surface area contributed by atoms with Crippen molar-refractivity contribution in [3.63, 3.8) is 0 Å². The third kappa shape index (κ3) is 2.90. The Morgan fingerprint density at radius 1 is 1.09 bits per heavy atom. The number of hydrogen-bond acceptors (Lipinski definition) is 5. The van der Waals surface area contributed by atoms with Gasteiger partial charge < -0.3 is 10.1 Å². The monoisotopic (exact) mass is 313 g/mol. The highest BCUT2D eigenvalue weighted by atomic mass is 32.1. The van der Waals surface area contributed by atoms with Gasteiger partial charge in [-0.2, -0.15) is 0 Å². The van der Waals surface area contributed by atoms with Crippen molar-refractivity contribution in [3.05, 3.63) is 41.0 Å². The summed E-state index contributed by atoms with van der Waals surface area (Å²) in [4.78, 5) is 11.7. The average Bonchev–Trinajstić information content (AvgIpc) is 2.99. The molecule has 0 saturated carbocycles. The number of anilines is 2. The van der Waals surface area contributed by atoms with Crippen LogP contribution in [0.1, 0.15) is 24.5 Å². The van der Waals surface area contributed by atoms with Crippen LogP contribution in [0.25, 0.3) is 10.2 Å². The Kier molecular flexibility index (Phi) is 4.24. The van der Waals surface area contributed by atoms with Crippen molar-refractivity contribution in [1.29, 1.82) is 0 Å². The van der Waals surface area contributed by atoms with E-state index in [9.17, 15) is 0 Å². The number of aromatic nitrogens is 2. The van der Waals surface area contributed by atoms with Crippen molar-refractivity contribution in [2.45, 2.75) is 26.7 Å². The molecule has 0 aliphatic rings. The zero-order chi connectivity index (χ0) is 15.5. The number of methoxy groups -OCH3 is 1. The number of aryl methyl sites for hydroxylation is 2. The first-order valence-corrected chi connectivity index (χ1v) is 8.25. The van der Waals surface area contributed by atoms with Gasteiger partial charge in [-0.15, -0.1) is 11.3 Å². The summed E-state index contributed by atoms with van der Waals surface area (Å²) in [6, 6.07) is 10.0. The highest BCUT2D eigenvalue weighted by Gasteiger charge is 2.11. The third-order valence-corrected chi connectivity index (χ3v) is 4.68. The van der Waals surface area contributed by atoms with Gasteiger partial charge in [0.1, 0.15) is 22.2 Å². The average molecular weight is 313 g/mol. The molecule has 0 spiro atoms. The van der Waals surface area contributed by atoms with Crippen LogP contribution in [0.5, 0.6) is 5.75 Å². The highest BCUT2D eigenvalue weighted by Crippen LogP contribution is 2.31. The van der Waals surface area contributed by atoms with Crippen LogP contribution in [0.4, 0.5) is 11.5 Å². The Morgan fingerprint density at radius 3 is 2.50 bits per heavy atom. The number of hydrogen-bond donors (Lipinski definition) is 1. The normalized spacial score (nSPS) is 10.9. The molecule has 22 heavy (non-hydrogen) atoms. The molecule has 0 unspecified atom stereocenters. The fourth-order valence-corrected chi connectivity index (χ4v) is 3.24. The first kappa shape index (κ1) is 14.8. The van der Waals surface area contributed by atoms with Crippen molar-refractivity contribution in [2.75, 3.05) is 12.4 Å². The topological polar surface area (TPSA) is 47.0 Å². The van der Waals surface area contributed by atoms with Crippen molar-refractivity contribution in [2.24, 2.45) is 0 Å². The number of rotatable bonds is 5. The Hall–Kier alpha value is -2.14. The van der Waals surface area contributed by atoms with E-state index < -0.39 is 0 Å². The second-order valence-corrected chi connectivity index (χ2v) is 6.10. The predicted molar refractivity (Wildman–Crippen MR) is 92.4 cm³/mol. The molecule has 2 heterocycles. The molecule has 1 aromatic carbocycles. The van der Waals surface area contributed by atoms with Gasteiger partial charge in [0.05, 0.1) is 12.5 Å². The van der Waals surface area contributed by atoms with Gasteiger partial charge in [-0.25, -0.2) is 9.97 Å². The summed E-state index contributed by atoms with van der Waals surface area (Å²) in [7, 11) is 1.67. The smallest absolute Gasteiger partial charge is 0.142 e. The largest absolute Gasteiger partial charge is 0.497 e. The lowest BCUT2D eigenvalue weighted by molar-refractivity contribution is 0.415. The zero-order valence-corrected chi connectivity index (χ0v) is 13.8. The summed E-state index contributed by atoms with van der Waals surface area (Å²) in [5, 5.41) is 4.50. The minimum atomic E-state index is 0.826. The van der Waals surface area contributed by atoms with Crippen LogP contribution in [0.3, 0.4) is 0 Å². The van der Waals surface area contributed by atoms with Gasteiger partial charge >= 0.3 is 0 Å². The van der Waals surface area contributed by atoms with E-state index in [1.165, 1.54) is 4.88 Å². The van der Waals surface area contributed by atoms with Gasteiger partial charge in [-0.1, -0.05) is 13.8 Å². The van der Waals surface area contributed by atoms with E-state index in [0.29, 0.717) is 0 Å². The molecule has 1 N–H and O–H groups in total. The number of nitrogens with zero attached hydrogens (tertiary/aromatic N) is 2. The maximum absolute atomic E-state index is 5.19. The van der Waals surface area contributed by atoms with Crippen LogP contribution in [0, 0.1) is 0 Å². The van der Waals surface area contributed by atoms with E-state index in [1.807, 2.05) is 24.3 Å². The molecule has 4 nitrogen and oxygen atoms in total. The highest BCUT2D eigenvalue weighted by molar-refractivity contribution is 7.18. The Labute approximate surface area is 134 Å². The number of nitrogens with one attached hydrogen (secondary N) is 1. The molecule has 0 amide bonds. The minimum absolute atomic E-state index is 0.826. The van der Waals surface area contributed by atoms with Gasteiger partial charge in [0.25, 0.3) is 0 Å². The van der Waals surface area contributed by atoms with E-state index >= 15 is 0 Å². The van der Waals surface area contributed by atoms with Gasteiger partial charge in [-0.3, -0.25) is 0 Å². The summed E-state index contributed by atoms with van der Waals surface area (Å²) in [6.07, 6.45) is 1.84. The molecule has 0 aliphatic carbocycles. The van der Waals surface area contributed by atoms with Crippen molar-refractivity contribution in [1.82, 2.24) is 9.97 Å². The van der Waals surface area contributed by atoms with Gasteiger partial charge in [0.2, 0.25) is 0 Å². The lowest BCUT2D eigenvalue weighted by Crippen LogP contribution is -1.99. The molecule has 0 radical (unpaired) electrons. The molecule has 0 bridgehead atoms. The first-order chi connectivity index (χ1) is 10.7. The maximum Gasteiger partial charge on any atom is 0.142 e. The Morgan fingerprint density at radius 2 is 1.86 bits per heavy atom.